The summed E-state index contributed by atoms with van der Waals surface area (Å²) in [6.07, 6.45) is 0. The van der Waals surface area contributed by atoms with Crippen LogP contribution in [-0.2, 0) is 0 Å². The van der Waals surface area contributed by atoms with E-state index < -0.39 is 0 Å². The zero-order valence-corrected chi connectivity index (χ0v) is 11.4. The molecule has 1 aromatic rings. The van der Waals surface area contributed by atoms with Gasteiger partial charge < -0.3 is 4.74 Å². The third kappa shape index (κ3) is 3.85. The van der Waals surface area contributed by atoms with Gasteiger partial charge in [0.15, 0.2) is 0 Å². The van der Waals surface area contributed by atoms with E-state index in [9.17, 15) is 0 Å². The second kappa shape index (κ2) is 5.20. The van der Waals surface area contributed by atoms with E-state index in [1.54, 1.807) is 0 Å². The summed E-state index contributed by atoms with van der Waals surface area (Å²) in [5.41, 5.74) is 0. The molecule has 1 nitrogen and oxygen atoms in total. The maximum Gasteiger partial charge on any atom is 0.133 e. The predicted octanol–water partition coefficient (Wildman–Crippen LogP) is 4.09. The van der Waals surface area contributed by atoms with Crippen molar-refractivity contribution in [1.82, 2.24) is 0 Å². The van der Waals surface area contributed by atoms with Crippen LogP contribution < -0.4 is 4.74 Å². The molecule has 13 heavy (non-hydrogen) atoms. The van der Waals surface area contributed by atoms with Crippen LogP contribution in [0.5, 0.6) is 5.75 Å². The largest absolute Gasteiger partial charge is 0.492 e. The minimum absolute atomic E-state index is 0.565. The van der Waals surface area contributed by atoms with Gasteiger partial charge in [0.25, 0.3) is 0 Å². The minimum atomic E-state index is 0.565. The molecular weight excluding hydrogens is 343 g/mol. The summed E-state index contributed by atoms with van der Waals surface area (Å²) >= 11 is 5.70. The highest BCUT2D eigenvalue weighted by atomic mass is 127. The van der Waals surface area contributed by atoms with Crippen LogP contribution in [0.15, 0.2) is 22.7 Å². The van der Waals surface area contributed by atoms with Crippen LogP contribution in [-0.4, -0.2) is 6.61 Å². The molecule has 0 atom stereocenters. The van der Waals surface area contributed by atoms with Gasteiger partial charge in [-0.25, -0.2) is 0 Å². The molecular formula is C10H12BrIO. The zero-order valence-electron chi connectivity index (χ0n) is 7.68. The third-order valence-electron chi connectivity index (χ3n) is 1.47. The fraction of sp³-hybridized carbons (Fsp3) is 0.400. The average Bonchev–Trinajstić information content (AvgIpc) is 2.06. The molecule has 72 valence electrons. The molecule has 1 rings (SSSR count). The SMILES string of the molecule is CC(C)COc1cc(Br)ccc1I. The van der Waals surface area contributed by atoms with Crippen LogP contribution in [0.4, 0.5) is 0 Å². The van der Waals surface area contributed by atoms with Gasteiger partial charge in [-0.15, -0.1) is 0 Å². The molecule has 0 aliphatic heterocycles. The van der Waals surface area contributed by atoms with E-state index in [0.717, 1.165) is 20.4 Å². The summed E-state index contributed by atoms with van der Waals surface area (Å²) in [5.74, 6) is 1.53. The lowest BCUT2D eigenvalue weighted by Crippen LogP contribution is -2.05. The van der Waals surface area contributed by atoms with Crippen molar-refractivity contribution in [3.8, 4) is 5.75 Å². The van der Waals surface area contributed by atoms with Crippen molar-refractivity contribution in [2.75, 3.05) is 6.61 Å². The summed E-state index contributed by atoms with van der Waals surface area (Å²) in [6.45, 7) is 5.06. The number of rotatable bonds is 3. The normalized spacial score (nSPS) is 10.5. The molecule has 0 heterocycles. The maximum absolute atomic E-state index is 5.64. The molecule has 1 aromatic carbocycles. The summed E-state index contributed by atoms with van der Waals surface area (Å²) in [4.78, 5) is 0. The molecule has 3 heteroatoms. The van der Waals surface area contributed by atoms with E-state index in [0.29, 0.717) is 5.92 Å². The van der Waals surface area contributed by atoms with Crippen molar-refractivity contribution in [1.29, 1.82) is 0 Å². The highest BCUT2D eigenvalue weighted by Gasteiger charge is 2.02. The van der Waals surface area contributed by atoms with Crippen LogP contribution in [0.3, 0.4) is 0 Å². The van der Waals surface area contributed by atoms with Crippen molar-refractivity contribution >= 4 is 38.5 Å². The van der Waals surface area contributed by atoms with Crippen molar-refractivity contribution in [2.24, 2.45) is 5.92 Å². The molecule has 0 spiro atoms. The minimum Gasteiger partial charge on any atom is -0.492 e. The monoisotopic (exact) mass is 354 g/mol. The van der Waals surface area contributed by atoms with Gasteiger partial charge in [-0.3, -0.25) is 0 Å². The van der Waals surface area contributed by atoms with Gasteiger partial charge in [0.2, 0.25) is 0 Å². The Labute approximate surface area is 101 Å². The van der Waals surface area contributed by atoms with Crippen LogP contribution >= 0.6 is 38.5 Å². The molecule has 0 aliphatic rings. The quantitative estimate of drug-likeness (QED) is 0.743. The summed E-state index contributed by atoms with van der Waals surface area (Å²) < 4.78 is 7.86. The van der Waals surface area contributed by atoms with Crippen molar-refractivity contribution < 1.29 is 4.74 Å². The fourth-order valence-electron chi connectivity index (χ4n) is 0.844. The summed E-state index contributed by atoms with van der Waals surface area (Å²) in [6, 6.07) is 6.06. The summed E-state index contributed by atoms with van der Waals surface area (Å²) in [5, 5.41) is 0. The Kier molecular flexibility index (Phi) is 4.52. The lowest BCUT2D eigenvalue weighted by atomic mass is 10.2. The fourth-order valence-corrected chi connectivity index (χ4v) is 1.68. The number of hydrogen-bond acceptors (Lipinski definition) is 1. The first-order chi connectivity index (χ1) is 6.09. The first kappa shape index (κ1) is 11.3. The van der Waals surface area contributed by atoms with E-state index >= 15 is 0 Å². The first-order valence-corrected chi connectivity index (χ1v) is 6.04. The lowest BCUT2D eigenvalue weighted by molar-refractivity contribution is 0.269. The smallest absolute Gasteiger partial charge is 0.133 e. The highest BCUT2D eigenvalue weighted by molar-refractivity contribution is 14.1. The number of halogens is 2. The average molecular weight is 355 g/mol. The Bertz CT molecular complexity index is 286. The standard InChI is InChI=1S/C10H12BrIO/c1-7(2)6-13-10-5-8(11)3-4-9(10)12/h3-5,7H,6H2,1-2H3. The Balaban J connectivity index is 2.70. The van der Waals surface area contributed by atoms with Gasteiger partial charge in [-0.2, -0.15) is 0 Å². The van der Waals surface area contributed by atoms with Crippen molar-refractivity contribution in [2.45, 2.75) is 13.8 Å². The maximum atomic E-state index is 5.64. The van der Waals surface area contributed by atoms with Crippen LogP contribution in [0, 0.1) is 9.49 Å². The van der Waals surface area contributed by atoms with Gasteiger partial charge in [-0.1, -0.05) is 29.8 Å². The molecule has 0 radical (unpaired) electrons. The number of ether oxygens (including phenoxy) is 1. The van der Waals surface area contributed by atoms with E-state index in [-0.39, 0.29) is 0 Å². The van der Waals surface area contributed by atoms with Gasteiger partial charge >= 0.3 is 0 Å². The second-order valence-corrected chi connectivity index (χ2v) is 5.36. The Morgan fingerprint density at radius 2 is 2.15 bits per heavy atom. The van der Waals surface area contributed by atoms with E-state index in [1.165, 1.54) is 0 Å². The van der Waals surface area contributed by atoms with Gasteiger partial charge in [0, 0.05) is 4.47 Å². The number of hydrogen-bond donors (Lipinski definition) is 0. The van der Waals surface area contributed by atoms with Crippen LogP contribution in [0.25, 0.3) is 0 Å². The highest BCUT2D eigenvalue weighted by Crippen LogP contribution is 2.25. The first-order valence-electron chi connectivity index (χ1n) is 4.17. The molecule has 0 aromatic heterocycles. The Morgan fingerprint density at radius 3 is 2.77 bits per heavy atom. The van der Waals surface area contributed by atoms with Crippen molar-refractivity contribution in [3.05, 3.63) is 26.2 Å². The lowest BCUT2D eigenvalue weighted by Gasteiger charge is -2.10. The van der Waals surface area contributed by atoms with Gasteiger partial charge in [0.05, 0.1) is 10.2 Å². The predicted molar refractivity (Wildman–Crippen MR) is 67.2 cm³/mol. The van der Waals surface area contributed by atoms with Gasteiger partial charge in [-0.05, 0) is 46.7 Å². The molecule has 0 saturated heterocycles. The van der Waals surface area contributed by atoms with Crippen LogP contribution in [0.2, 0.25) is 0 Å². The van der Waals surface area contributed by atoms with E-state index in [4.69, 9.17) is 4.74 Å². The Morgan fingerprint density at radius 1 is 1.46 bits per heavy atom. The summed E-state index contributed by atoms with van der Waals surface area (Å²) in [7, 11) is 0. The molecule has 0 aliphatic carbocycles. The van der Waals surface area contributed by atoms with Crippen molar-refractivity contribution in [3.63, 3.8) is 0 Å². The third-order valence-corrected chi connectivity index (χ3v) is 2.85. The van der Waals surface area contributed by atoms with Gasteiger partial charge in [0.1, 0.15) is 5.75 Å². The topological polar surface area (TPSA) is 9.23 Å². The number of benzene rings is 1. The van der Waals surface area contributed by atoms with Crippen LogP contribution in [0.1, 0.15) is 13.8 Å². The van der Waals surface area contributed by atoms with E-state index in [2.05, 4.69) is 52.4 Å². The molecule has 0 unspecified atom stereocenters. The Hall–Kier alpha value is 0.230. The zero-order chi connectivity index (χ0) is 9.84. The molecule has 0 N–H and O–H groups in total. The second-order valence-electron chi connectivity index (χ2n) is 3.28. The molecule has 0 bridgehead atoms. The molecule has 0 fully saturated rings. The molecule has 0 saturated carbocycles. The molecule has 0 amide bonds. The van der Waals surface area contributed by atoms with E-state index in [1.807, 2.05) is 18.2 Å².